The minimum Gasteiger partial charge on any atom is -0.448 e. The molecule has 10 heavy (non-hydrogen) atoms. The molecule has 56 valence electrons. The van der Waals surface area contributed by atoms with E-state index < -0.39 is 0 Å². The quantitative estimate of drug-likeness (QED) is 0.285. The van der Waals surface area contributed by atoms with Crippen LogP contribution in [-0.4, -0.2) is 10.1 Å². The minimum atomic E-state index is -0.238. The summed E-state index contributed by atoms with van der Waals surface area (Å²) in [5.41, 5.74) is 0.598. The summed E-state index contributed by atoms with van der Waals surface area (Å²) in [5.74, 6) is 0.170. The molecule has 0 spiro atoms. The fraction of sp³-hybridized carbons (Fsp3) is 0.571. The maximum absolute atomic E-state index is 10.8. The van der Waals surface area contributed by atoms with Crippen LogP contribution in [0, 0.1) is 5.92 Å². The number of rotatable bonds is 0. The van der Waals surface area contributed by atoms with Crippen molar-refractivity contribution in [1.29, 1.82) is 0 Å². The molecule has 0 radical (unpaired) electrons. The first kappa shape index (κ1) is 8.04. The Morgan fingerprint density at radius 1 is 1.80 bits per heavy atom. The molecule has 1 aliphatic rings. The zero-order valence-corrected chi connectivity index (χ0v) is 7.92. The molecule has 0 aromatic rings. The Morgan fingerprint density at radius 2 is 2.40 bits per heavy atom. The van der Waals surface area contributed by atoms with Crippen molar-refractivity contribution in [3.05, 3.63) is 12.2 Å². The van der Waals surface area contributed by atoms with Gasteiger partial charge in [0, 0.05) is 11.5 Å². The van der Waals surface area contributed by atoms with Gasteiger partial charge >= 0.3 is 5.97 Å². The topological polar surface area (TPSA) is 26.3 Å². The fourth-order valence-electron chi connectivity index (χ4n) is 0.866. The van der Waals surface area contributed by atoms with Crippen molar-refractivity contribution in [3.63, 3.8) is 0 Å². The lowest BCUT2D eigenvalue weighted by Gasteiger charge is -2.24. The van der Waals surface area contributed by atoms with Gasteiger partial charge in [0.15, 0.2) is 4.11 Å². The highest BCUT2D eigenvalue weighted by Gasteiger charge is 2.27. The van der Waals surface area contributed by atoms with E-state index in [9.17, 15) is 4.79 Å². The average molecular weight is 252 g/mol. The van der Waals surface area contributed by atoms with Crippen molar-refractivity contribution in [2.45, 2.75) is 17.5 Å². The molecule has 0 N–H and O–H groups in total. The highest BCUT2D eigenvalue weighted by Crippen LogP contribution is 2.27. The molecule has 0 amide bonds. The summed E-state index contributed by atoms with van der Waals surface area (Å²) < 4.78 is 4.98. The second-order valence-electron chi connectivity index (χ2n) is 2.54. The molecular weight excluding hydrogens is 243 g/mol. The summed E-state index contributed by atoms with van der Waals surface area (Å²) in [4.78, 5) is 10.8. The Morgan fingerprint density at radius 3 is 2.90 bits per heavy atom. The number of ether oxygens (including phenoxy) is 1. The second-order valence-corrected chi connectivity index (χ2v) is 3.77. The summed E-state index contributed by atoms with van der Waals surface area (Å²) in [6.07, 6.45) is 0.770. The zero-order chi connectivity index (χ0) is 7.72. The van der Waals surface area contributed by atoms with Crippen LogP contribution in [-0.2, 0) is 9.53 Å². The summed E-state index contributed by atoms with van der Waals surface area (Å²) in [7, 11) is 0. The number of alkyl halides is 1. The third kappa shape index (κ3) is 1.51. The highest BCUT2D eigenvalue weighted by molar-refractivity contribution is 14.1. The first-order valence-corrected chi connectivity index (χ1v) is 4.38. The van der Waals surface area contributed by atoms with E-state index in [0.29, 0.717) is 11.5 Å². The molecule has 0 unspecified atom stereocenters. The molecule has 0 bridgehead atoms. The normalized spacial score (nSPS) is 33.8. The molecule has 1 aliphatic heterocycles. The van der Waals surface area contributed by atoms with Crippen molar-refractivity contribution in [1.82, 2.24) is 0 Å². The van der Waals surface area contributed by atoms with Crippen molar-refractivity contribution < 1.29 is 9.53 Å². The Balaban J connectivity index is 2.63. The maximum atomic E-state index is 10.8. The van der Waals surface area contributed by atoms with Crippen LogP contribution in [0.5, 0.6) is 0 Å². The molecule has 1 rings (SSSR count). The number of esters is 1. The number of cyclic esters (lactones) is 1. The van der Waals surface area contributed by atoms with Crippen molar-refractivity contribution in [2.24, 2.45) is 5.92 Å². The Bertz CT molecular complexity index is 156. The minimum absolute atomic E-state index is 0.0237. The van der Waals surface area contributed by atoms with Crippen LogP contribution in [0.25, 0.3) is 0 Å². The van der Waals surface area contributed by atoms with E-state index in [0.717, 1.165) is 6.42 Å². The number of carbonyl (C=O) groups excluding carboxylic acids is 1. The van der Waals surface area contributed by atoms with Crippen molar-refractivity contribution in [2.75, 3.05) is 0 Å². The van der Waals surface area contributed by atoms with E-state index in [1.165, 1.54) is 0 Å². The summed E-state index contributed by atoms with van der Waals surface area (Å²) in [6, 6.07) is 0. The van der Waals surface area contributed by atoms with Crippen LogP contribution in [0.1, 0.15) is 13.3 Å². The molecular formula is C7H9IO2. The Kier molecular flexibility index (Phi) is 2.33. The number of hydrogen-bond donors (Lipinski definition) is 0. The summed E-state index contributed by atoms with van der Waals surface area (Å²) >= 11 is 2.12. The third-order valence-corrected chi connectivity index (χ3v) is 3.01. The van der Waals surface area contributed by atoms with Gasteiger partial charge in [-0.05, 0) is 29.0 Å². The predicted molar refractivity (Wildman–Crippen MR) is 46.8 cm³/mol. The van der Waals surface area contributed by atoms with E-state index in [1.807, 2.05) is 0 Å². The molecule has 2 nitrogen and oxygen atoms in total. The van der Waals surface area contributed by atoms with Crippen LogP contribution >= 0.6 is 22.6 Å². The van der Waals surface area contributed by atoms with Crippen LogP contribution in [0.3, 0.4) is 0 Å². The Hall–Kier alpha value is -0.0600. The van der Waals surface area contributed by atoms with E-state index in [2.05, 4.69) is 36.1 Å². The van der Waals surface area contributed by atoms with Crippen molar-refractivity contribution >= 4 is 28.6 Å². The second kappa shape index (κ2) is 2.90. The third-order valence-electron chi connectivity index (χ3n) is 1.52. The van der Waals surface area contributed by atoms with Gasteiger partial charge in [0.2, 0.25) is 0 Å². The van der Waals surface area contributed by atoms with Gasteiger partial charge in [0.05, 0.1) is 0 Å². The van der Waals surface area contributed by atoms with Gasteiger partial charge in [-0.3, -0.25) is 0 Å². The van der Waals surface area contributed by atoms with Gasteiger partial charge in [0.1, 0.15) is 0 Å². The molecule has 0 aliphatic carbocycles. The maximum Gasteiger partial charge on any atom is 0.334 e. The number of carbonyl (C=O) groups is 1. The zero-order valence-electron chi connectivity index (χ0n) is 5.76. The smallest absolute Gasteiger partial charge is 0.334 e. The van der Waals surface area contributed by atoms with Crippen LogP contribution < -0.4 is 0 Å². The van der Waals surface area contributed by atoms with E-state index >= 15 is 0 Å². The van der Waals surface area contributed by atoms with Gasteiger partial charge in [-0.15, -0.1) is 0 Å². The predicted octanol–water partition coefficient (Wildman–Crippen LogP) is 1.89. The van der Waals surface area contributed by atoms with Gasteiger partial charge in [-0.2, -0.15) is 0 Å². The molecule has 1 saturated heterocycles. The molecule has 3 heteroatoms. The lowest BCUT2D eigenvalue weighted by Crippen LogP contribution is -2.27. The fourth-order valence-corrected chi connectivity index (χ4v) is 1.35. The lowest BCUT2D eigenvalue weighted by molar-refractivity contribution is -0.144. The Labute approximate surface area is 73.8 Å². The van der Waals surface area contributed by atoms with Gasteiger partial charge in [-0.25, -0.2) is 4.79 Å². The standard InChI is InChI=1S/C7H9IO2/c1-4-3-5(2)7(9)10-6(4)8/h4,6H,2-3H2,1H3/t4-,6+/m1/s1. The molecule has 0 saturated carbocycles. The summed E-state index contributed by atoms with van der Waals surface area (Å²) in [6.45, 7) is 5.65. The molecule has 0 aromatic carbocycles. The molecule has 1 heterocycles. The SMILES string of the molecule is C=C1C[C@@H](C)[C@@H](I)OC1=O. The van der Waals surface area contributed by atoms with Crippen molar-refractivity contribution in [3.8, 4) is 0 Å². The van der Waals surface area contributed by atoms with Gasteiger partial charge in [-0.1, -0.05) is 13.5 Å². The van der Waals surface area contributed by atoms with Gasteiger partial charge in [0.25, 0.3) is 0 Å². The average Bonchev–Trinajstić information content (AvgIpc) is 1.84. The van der Waals surface area contributed by atoms with Crippen LogP contribution in [0.2, 0.25) is 0 Å². The molecule has 1 fully saturated rings. The first-order valence-electron chi connectivity index (χ1n) is 3.14. The van der Waals surface area contributed by atoms with E-state index in [-0.39, 0.29) is 10.1 Å². The molecule has 0 aromatic heterocycles. The lowest BCUT2D eigenvalue weighted by atomic mass is 10.0. The number of halogens is 1. The van der Waals surface area contributed by atoms with Gasteiger partial charge < -0.3 is 4.74 Å². The number of hydrogen-bond acceptors (Lipinski definition) is 2. The van der Waals surface area contributed by atoms with Crippen LogP contribution in [0.4, 0.5) is 0 Å². The first-order chi connectivity index (χ1) is 4.61. The monoisotopic (exact) mass is 252 g/mol. The van der Waals surface area contributed by atoms with E-state index in [4.69, 9.17) is 4.74 Å². The molecule has 2 atom stereocenters. The summed E-state index contributed by atoms with van der Waals surface area (Å²) in [5, 5.41) is 0. The highest BCUT2D eigenvalue weighted by atomic mass is 127. The van der Waals surface area contributed by atoms with Crippen LogP contribution in [0.15, 0.2) is 12.2 Å². The van der Waals surface area contributed by atoms with E-state index in [1.54, 1.807) is 0 Å². The largest absolute Gasteiger partial charge is 0.448 e.